The maximum Gasteiger partial charge on any atom is 0.123 e. The molecule has 1 aromatic carbocycles. The van der Waals surface area contributed by atoms with E-state index in [9.17, 15) is 13.7 Å². The Kier molecular flexibility index (Phi) is 3.26. The van der Waals surface area contributed by atoms with Crippen molar-refractivity contribution in [2.45, 2.75) is 55.1 Å². The zero-order valence-electron chi connectivity index (χ0n) is 11.1. The van der Waals surface area contributed by atoms with Gasteiger partial charge in [0.25, 0.3) is 0 Å². The van der Waals surface area contributed by atoms with Crippen LogP contribution in [-0.4, -0.2) is 19.8 Å². The highest BCUT2D eigenvalue weighted by Gasteiger charge is 2.46. The molecule has 1 N–H and O–H groups in total. The molecule has 19 heavy (non-hydrogen) atoms. The summed E-state index contributed by atoms with van der Waals surface area (Å²) in [4.78, 5) is 0. The van der Waals surface area contributed by atoms with E-state index in [0.717, 1.165) is 24.8 Å². The van der Waals surface area contributed by atoms with Crippen molar-refractivity contribution in [2.75, 3.05) is 0 Å². The summed E-state index contributed by atoms with van der Waals surface area (Å²) in [6.45, 7) is 1.83. The van der Waals surface area contributed by atoms with Gasteiger partial charge in [-0.3, -0.25) is 4.21 Å². The SMILES string of the molecule is Cc1cc(F)cc(C2(O)CC3CCCC(C2)S3=O)c1. The highest BCUT2D eigenvalue weighted by atomic mass is 32.2. The van der Waals surface area contributed by atoms with Crippen LogP contribution in [0.2, 0.25) is 0 Å². The first kappa shape index (κ1) is 13.3. The van der Waals surface area contributed by atoms with Crippen LogP contribution in [0.15, 0.2) is 18.2 Å². The number of halogens is 1. The van der Waals surface area contributed by atoms with E-state index >= 15 is 0 Å². The molecule has 0 saturated carbocycles. The quantitative estimate of drug-likeness (QED) is 0.860. The Morgan fingerprint density at radius 3 is 2.47 bits per heavy atom. The fourth-order valence-electron chi connectivity index (χ4n) is 3.52. The molecule has 1 aromatic rings. The molecule has 2 aliphatic heterocycles. The van der Waals surface area contributed by atoms with Crippen molar-refractivity contribution < 1.29 is 13.7 Å². The molecule has 2 fully saturated rings. The second kappa shape index (κ2) is 4.67. The molecule has 2 saturated heterocycles. The van der Waals surface area contributed by atoms with Crippen molar-refractivity contribution in [2.24, 2.45) is 0 Å². The molecule has 2 aliphatic rings. The van der Waals surface area contributed by atoms with Crippen molar-refractivity contribution in [1.82, 2.24) is 0 Å². The van der Waals surface area contributed by atoms with Crippen LogP contribution in [0.25, 0.3) is 0 Å². The number of aliphatic hydroxyl groups is 1. The first-order chi connectivity index (χ1) is 8.98. The lowest BCUT2D eigenvalue weighted by molar-refractivity contribution is 0.00622. The van der Waals surface area contributed by atoms with Crippen LogP contribution in [0.1, 0.15) is 43.2 Å². The Labute approximate surface area is 115 Å². The van der Waals surface area contributed by atoms with E-state index in [-0.39, 0.29) is 16.3 Å². The van der Waals surface area contributed by atoms with E-state index in [4.69, 9.17) is 0 Å². The smallest absolute Gasteiger partial charge is 0.123 e. The predicted molar refractivity (Wildman–Crippen MR) is 73.8 cm³/mol. The van der Waals surface area contributed by atoms with Crippen molar-refractivity contribution in [1.29, 1.82) is 0 Å². The largest absolute Gasteiger partial charge is 0.385 e. The predicted octanol–water partition coefficient (Wildman–Crippen LogP) is 2.79. The molecule has 2 heterocycles. The zero-order valence-corrected chi connectivity index (χ0v) is 11.9. The van der Waals surface area contributed by atoms with E-state index < -0.39 is 16.4 Å². The topological polar surface area (TPSA) is 37.3 Å². The molecule has 3 rings (SSSR count). The summed E-state index contributed by atoms with van der Waals surface area (Å²) in [5, 5.41) is 11.1. The molecule has 2 nitrogen and oxygen atoms in total. The molecule has 0 radical (unpaired) electrons. The monoisotopic (exact) mass is 282 g/mol. The van der Waals surface area contributed by atoms with Crippen molar-refractivity contribution in [3.8, 4) is 0 Å². The van der Waals surface area contributed by atoms with E-state index in [2.05, 4.69) is 0 Å². The van der Waals surface area contributed by atoms with Gasteiger partial charge in [0.15, 0.2) is 0 Å². The average molecular weight is 282 g/mol. The van der Waals surface area contributed by atoms with Gasteiger partial charge in [0.1, 0.15) is 5.82 Å². The normalized spacial score (nSPS) is 38.2. The first-order valence-electron chi connectivity index (χ1n) is 6.87. The van der Waals surface area contributed by atoms with Crippen LogP contribution < -0.4 is 0 Å². The summed E-state index contributed by atoms with van der Waals surface area (Å²) in [6.07, 6.45) is 3.93. The lowest BCUT2D eigenvalue weighted by atomic mass is 9.80. The highest BCUT2D eigenvalue weighted by molar-refractivity contribution is 7.86. The summed E-state index contributed by atoms with van der Waals surface area (Å²) in [5.74, 6) is -0.305. The maximum atomic E-state index is 13.5. The summed E-state index contributed by atoms with van der Waals surface area (Å²) in [6, 6.07) is 4.75. The second-order valence-corrected chi connectivity index (χ2v) is 7.95. The first-order valence-corrected chi connectivity index (χ1v) is 8.15. The summed E-state index contributed by atoms with van der Waals surface area (Å²) >= 11 is 0. The molecule has 0 aromatic heterocycles. The minimum atomic E-state index is -1.00. The van der Waals surface area contributed by atoms with E-state index in [1.54, 1.807) is 0 Å². The van der Waals surface area contributed by atoms with Gasteiger partial charge in [-0.2, -0.15) is 0 Å². The third kappa shape index (κ3) is 2.36. The molecule has 0 amide bonds. The number of aryl methyl sites for hydroxylation is 1. The van der Waals surface area contributed by atoms with Gasteiger partial charge in [-0.1, -0.05) is 12.5 Å². The molecule has 2 atom stereocenters. The highest BCUT2D eigenvalue weighted by Crippen LogP contribution is 2.44. The van der Waals surface area contributed by atoms with E-state index in [0.29, 0.717) is 18.4 Å². The number of hydrogen-bond acceptors (Lipinski definition) is 2. The van der Waals surface area contributed by atoms with Crippen LogP contribution in [0.5, 0.6) is 0 Å². The number of benzene rings is 1. The van der Waals surface area contributed by atoms with Crippen molar-refractivity contribution >= 4 is 10.8 Å². The van der Waals surface area contributed by atoms with Gasteiger partial charge in [-0.05, 0) is 55.9 Å². The number of fused-ring (bicyclic) bond motifs is 2. The third-order valence-corrected chi connectivity index (χ3v) is 6.54. The Hall–Kier alpha value is -0.740. The fraction of sp³-hybridized carbons (Fsp3) is 0.600. The van der Waals surface area contributed by atoms with Crippen LogP contribution in [0, 0.1) is 12.7 Å². The van der Waals surface area contributed by atoms with Gasteiger partial charge in [0.05, 0.1) is 5.60 Å². The minimum absolute atomic E-state index is 0.0704. The Balaban J connectivity index is 1.97. The van der Waals surface area contributed by atoms with Crippen LogP contribution in [0.3, 0.4) is 0 Å². The molecule has 0 aliphatic carbocycles. The van der Waals surface area contributed by atoms with Crippen LogP contribution in [0.4, 0.5) is 4.39 Å². The summed E-state index contributed by atoms with van der Waals surface area (Å²) < 4.78 is 25.7. The molecule has 4 heteroatoms. The average Bonchev–Trinajstić information content (AvgIpc) is 2.30. The molecular weight excluding hydrogens is 263 g/mol. The standard InChI is InChI=1S/C15H19FO2S/c1-10-5-11(7-12(16)6-10)15(17)8-13-3-2-4-14(9-15)19(13)18/h5-7,13-14,17H,2-4,8-9H2,1H3. The second-order valence-electron chi connectivity index (χ2n) is 5.96. The number of rotatable bonds is 1. The Morgan fingerprint density at radius 2 is 1.89 bits per heavy atom. The molecule has 0 spiro atoms. The van der Waals surface area contributed by atoms with Gasteiger partial charge >= 0.3 is 0 Å². The zero-order chi connectivity index (χ0) is 13.6. The van der Waals surface area contributed by atoms with Crippen LogP contribution in [-0.2, 0) is 16.4 Å². The Bertz CT molecular complexity index is 493. The lowest BCUT2D eigenvalue weighted by Gasteiger charge is -2.43. The van der Waals surface area contributed by atoms with Gasteiger partial charge in [0, 0.05) is 21.3 Å². The maximum absolute atomic E-state index is 13.5. The van der Waals surface area contributed by atoms with E-state index in [1.165, 1.54) is 12.1 Å². The lowest BCUT2D eigenvalue weighted by Crippen LogP contribution is -2.47. The van der Waals surface area contributed by atoms with Crippen molar-refractivity contribution in [3.63, 3.8) is 0 Å². The van der Waals surface area contributed by atoms with Gasteiger partial charge in [-0.15, -0.1) is 0 Å². The van der Waals surface area contributed by atoms with Gasteiger partial charge in [0.2, 0.25) is 0 Å². The van der Waals surface area contributed by atoms with E-state index in [1.807, 2.05) is 13.0 Å². The number of hydrogen-bond donors (Lipinski definition) is 1. The summed E-state index contributed by atoms with van der Waals surface area (Å²) in [7, 11) is -0.821. The van der Waals surface area contributed by atoms with Gasteiger partial charge < -0.3 is 5.11 Å². The summed E-state index contributed by atoms with van der Waals surface area (Å²) in [5.41, 5.74) is 0.468. The molecule has 2 bridgehead atoms. The minimum Gasteiger partial charge on any atom is -0.385 e. The van der Waals surface area contributed by atoms with Gasteiger partial charge in [-0.25, -0.2) is 4.39 Å². The molecule has 104 valence electrons. The third-order valence-electron chi connectivity index (χ3n) is 4.42. The van der Waals surface area contributed by atoms with Crippen LogP contribution >= 0.6 is 0 Å². The Morgan fingerprint density at radius 1 is 1.26 bits per heavy atom. The molecular formula is C15H19FO2S. The fourth-order valence-corrected chi connectivity index (χ4v) is 5.75. The molecule has 2 unspecified atom stereocenters. The van der Waals surface area contributed by atoms with Crippen molar-refractivity contribution in [3.05, 3.63) is 35.1 Å².